The van der Waals surface area contributed by atoms with Gasteiger partial charge in [-0.05, 0) is 43.7 Å². The van der Waals surface area contributed by atoms with Crippen molar-refractivity contribution in [2.45, 2.75) is 24.5 Å². The highest BCUT2D eigenvalue weighted by Gasteiger charge is 2.17. The molecular formula is C18H13BrN6S2. The number of halogens is 1. The highest BCUT2D eigenvalue weighted by Crippen LogP contribution is 2.33. The molecule has 3 aromatic heterocycles. The first-order valence-electron chi connectivity index (χ1n) is 8.02. The summed E-state index contributed by atoms with van der Waals surface area (Å²) in [6.45, 7) is 4.13. The van der Waals surface area contributed by atoms with Crippen molar-refractivity contribution in [2.75, 3.05) is 0 Å². The number of fused-ring (bicyclic) bond motifs is 1. The lowest BCUT2D eigenvalue weighted by Crippen LogP contribution is -2.04. The topological polar surface area (TPSA) is 80.3 Å². The predicted octanol–water partition coefficient (Wildman–Crippen LogP) is 4.82. The van der Waals surface area contributed by atoms with E-state index in [2.05, 4.69) is 52.0 Å². The summed E-state index contributed by atoms with van der Waals surface area (Å²) in [7, 11) is 0. The van der Waals surface area contributed by atoms with Crippen LogP contribution in [-0.2, 0) is 5.75 Å². The Kier molecular flexibility index (Phi) is 4.95. The first-order valence-corrected chi connectivity index (χ1v) is 10.6. The maximum absolute atomic E-state index is 9.03. The predicted molar refractivity (Wildman–Crippen MR) is 110 cm³/mol. The molecule has 0 saturated heterocycles. The van der Waals surface area contributed by atoms with Crippen molar-refractivity contribution in [1.82, 2.24) is 24.7 Å². The van der Waals surface area contributed by atoms with Crippen LogP contribution in [0.1, 0.15) is 22.1 Å². The molecule has 0 radical (unpaired) electrons. The molecule has 27 heavy (non-hydrogen) atoms. The number of thioether (sulfide) groups is 1. The van der Waals surface area contributed by atoms with E-state index >= 15 is 0 Å². The van der Waals surface area contributed by atoms with Gasteiger partial charge in [0.1, 0.15) is 23.1 Å². The Bertz CT molecular complexity index is 1170. The molecule has 0 saturated carbocycles. The maximum Gasteiger partial charge on any atom is 0.252 e. The zero-order valence-electron chi connectivity index (χ0n) is 14.5. The zero-order chi connectivity index (χ0) is 19.0. The summed E-state index contributed by atoms with van der Waals surface area (Å²) in [5.74, 6) is 2.15. The van der Waals surface area contributed by atoms with Crippen molar-refractivity contribution in [3.8, 4) is 11.9 Å². The molecule has 3 heterocycles. The third-order valence-corrected chi connectivity index (χ3v) is 6.68. The molecule has 0 aliphatic carbocycles. The summed E-state index contributed by atoms with van der Waals surface area (Å²) in [4.78, 5) is 16.8. The summed E-state index contributed by atoms with van der Waals surface area (Å²) in [6.07, 6.45) is 1.53. The smallest absolute Gasteiger partial charge is 0.221 e. The first kappa shape index (κ1) is 18.1. The second-order valence-electron chi connectivity index (χ2n) is 5.79. The molecule has 0 aliphatic rings. The molecule has 0 fully saturated rings. The van der Waals surface area contributed by atoms with Crippen LogP contribution >= 0.6 is 39.0 Å². The molecule has 0 N–H and O–H groups in total. The van der Waals surface area contributed by atoms with E-state index in [-0.39, 0.29) is 5.82 Å². The molecule has 9 heteroatoms. The number of hydrogen-bond acceptors (Lipinski definition) is 7. The molecular weight excluding hydrogens is 444 g/mol. The van der Waals surface area contributed by atoms with Crippen molar-refractivity contribution in [1.29, 1.82) is 5.26 Å². The van der Waals surface area contributed by atoms with Gasteiger partial charge in [0, 0.05) is 14.2 Å². The van der Waals surface area contributed by atoms with Crippen molar-refractivity contribution in [3.05, 3.63) is 57.2 Å². The monoisotopic (exact) mass is 456 g/mol. The second-order valence-corrected chi connectivity index (χ2v) is 8.96. The highest BCUT2D eigenvalue weighted by molar-refractivity contribution is 9.10. The molecule has 0 amide bonds. The average Bonchev–Trinajstić information content (AvgIpc) is 3.26. The number of thiophene rings is 1. The highest BCUT2D eigenvalue weighted by atomic mass is 79.9. The number of nitriles is 1. The van der Waals surface area contributed by atoms with Crippen LogP contribution in [0.15, 0.2) is 40.0 Å². The molecule has 0 spiro atoms. The average molecular weight is 457 g/mol. The Hall–Kier alpha value is -2.28. The van der Waals surface area contributed by atoms with Crippen LogP contribution in [0.3, 0.4) is 0 Å². The van der Waals surface area contributed by atoms with E-state index in [1.165, 1.54) is 11.2 Å². The van der Waals surface area contributed by atoms with Crippen LogP contribution in [0, 0.1) is 25.2 Å². The lowest BCUT2D eigenvalue weighted by Gasteiger charge is -2.07. The molecule has 0 aliphatic heterocycles. The number of rotatable bonds is 4. The number of aryl methyl sites for hydroxylation is 2. The van der Waals surface area contributed by atoms with Crippen LogP contribution in [0.4, 0.5) is 0 Å². The summed E-state index contributed by atoms with van der Waals surface area (Å²) < 4.78 is 2.62. The maximum atomic E-state index is 9.03. The van der Waals surface area contributed by atoms with Crippen LogP contribution in [0.5, 0.6) is 0 Å². The Morgan fingerprint density at radius 1 is 1.22 bits per heavy atom. The molecule has 134 valence electrons. The number of nitrogens with zero attached hydrogens (tertiary/aromatic N) is 6. The Morgan fingerprint density at radius 2 is 2.00 bits per heavy atom. The summed E-state index contributed by atoms with van der Waals surface area (Å²) in [6, 6.07) is 10.1. The van der Waals surface area contributed by atoms with Gasteiger partial charge in [-0.3, -0.25) is 0 Å². The van der Waals surface area contributed by atoms with Gasteiger partial charge in [-0.2, -0.15) is 5.26 Å². The molecule has 4 aromatic rings. The summed E-state index contributed by atoms with van der Waals surface area (Å²) in [5.41, 5.74) is 1.13. The molecule has 0 atom stereocenters. The van der Waals surface area contributed by atoms with Gasteiger partial charge in [0.25, 0.3) is 5.82 Å². The number of hydrogen-bond donors (Lipinski definition) is 0. The van der Waals surface area contributed by atoms with Gasteiger partial charge >= 0.3 is 0 Å². The van der Waals surface area contributed by atoms with Gasteiger partial charge in [-0.15, -0.1) is 28.2 Å². The van der Waals surface area contributed by atoms with Gasteiger partial charge in [-0.1, -0.05) is 15.9 Å². The lowest BCUT2D eigenvalue weighted by molar-refractivity contribution is 0.834. The van der Waals surface area contributed by atoms with E-state index in [1.54, 1.807) is 27.8 Å². The molecule has 6 nitrogen and oxygen atoms in total. The molecule has 1 aromatic carbocycles. The first-order chi connectivity index (χ1) is 13.0. The van der Waals surface area contributed by atoms with Crippen molar-refractivity contribution in [2.24, 2.45) is 0 Å². The third-order valence-electron chi connectivity index (χ3n) is 4.05. The summed E-state index contributed by atoms with van der Waals surface area (Å²) >= 11 is 6.77. The van der Waals surface area contributed by atoms with Crippen LogP contribution in [0.25, 0.3) is 16.0 Å². The third kappa shape index (κ3) is 3.60. The fraction of sp³-hybridized carbons (Fsp3) is 0.167. The van der Waals surface area contributed by atoms with E-state index in [9.17, 15) is 0 Å². The van der Waals surface area contributed by atoms with Crippen LogP contribution in [-0.4, -0.2) is 24.7 Å². The molecule has 4 rings (SSSR count). The van der Waals surface area contributed by atoms with Gasteiger partial charge in [0.15, 0.2) is 5.82 Å². The zero-order valence-corrected chi connectivity index (χ0v) is 17.7. The minimum absolute atomic E-state index is 0.122. The Balaban J connectivity index is 1.75. The number of benzene rings is 1. The normalized spacial score (nSPS) is 11.0. The SMILES string of the molecule is Cc1sc2nc(CSc3ccc(Br)cc3)nc(-n3cnc(C#N)n3)c2c1C. The number of aromatic nitrogens is 5. The van der Waals surface area contributed by atoms with E-state index in [1.807, 2.05) is 18.2 Å². The minimum atomic E-state index is 0.122. The van der Waals surface area contributed by atoms with Crippen molar-refractivity contribution in [3.63, 3.8) is 0 Å². The quantitative estimate of drug-likeness (QED) is 0.409. The molecule has 0 unspecified atom stereocenters. The Labute approximate surface area is 172 Å². The van der Waals surface area contributed by atoms with Crippen molar-refractivity contribution >= 4 is 49.2 Å². The second kappa shape index (κ2) is 7.38. The minimum Gasteiger partial charge on any atom is -0.221 e. The van der Waals surface area contributed by atoms with Crippen LogP contribution in [0.2, 0.25) is 0 Å². The van der Waals surface area contributed by atoms with Crippen LogP contribution < -0.4 is 0 Å². The lowest BCUT2D eigenvalue weighted by atomic mass is 10.2. The van der Waals surface area contributed by atoms with Gasteiger partial charge in [0.2, 0.25) is 0 Å². The standard InChI is InChI=1S/C18H13BrN6S2/c1-10-11(2)27-18-16(10)17(25-9-21-14(7-20)24-25)22-15(23-18)8-26-13-5-3-12(19)4-6-13/h3-6,9H,8H2,1-2H3. The Morgan fingerprint density at radius 3 is 2.70 bits per heavy atom. The van der Waals surface area contributed by atoms with E-state index < -0.39 is 0 Å². The largest absolute Gasteiger partial charge is 0.252 e. The fourth-order valence-corrected chi connectivity index (χ4v) is 4.66. The fourth-order valence-electron chi connectivity index (χ4n) is 2.60. The van der Waals surface area contributed by atoms with E-state index in [4.69, 9.17) is 15.2 Å². The van der Waals surface area contributed by atoms with Crippen molar-refractivity contribution < 1.29 is 0 Å². The van der Waals surface area contributed by atoms with Gasteiger partial charge < -0.3 is 0 Å². The van der Waals surface area contributed by atoms with Gasteiger partial charge in [-0.25, -0.2) is 19.6 Å². The van der Waals surface area contributed by atoms with E-state index in [0.717, 1.165) is 31.0 Å². The molecule has 0 bridgehead atoms. The summed E-state index contributed by atoms with van der Waals surface area (Å²) in [5, 5.41) is 14.2. The van der Waals surface area contributed by atoms with Gasteiger partial charge in [0.05, 0.1) is 11.1 Å². The van der Waals surface area contributed by atoms with E-state index in [0.29, 0.717) is 11.6 Å².